The van der Waals surface area contributed by atoms with Crippen molar-refractivity contribution in [3.8, 4) is 22.4 Å². The van der Waals surface area contributed by atoms with Crippen molar-refractivity contribution in [3.63, 3.8) is 0 Å². The van der Waals surface area contributed by atoms with Gasteiger partial charge in [0.25, 0.3) is 11.8 Å². The Labute approximate surface area is 280 Å². The molecular formula is C33H36ClF2N7O5. The molecule has 15 heteroatoms. The first kappa shape index (κ1) is 34.5. The Morgan fingerprint density at radius 2 is 1.65 bits per heavy atom. The molecule has 3 heterocycles. The molecule has 1 saturated heterocycles. The fraction of sp³-hybridized carbons (Fsp3) is 0.364. The molecule has 3 amide bonds. The molecule has 0 bridgehead atoms. The number of piperazine rings is 1. The van der Waals surface area contributed by atoms with Crippen molar-refractivity contribution >= 4 is 35.2 Å². The number of nitrogens with zero attached hydrogens (tertiary/aromatic N) is 6. The molecule has 0 spiro atoms. The van der Waals surface area contributed by atoms with E-state index in [2.05, 4.69) is 15.4 Å². The fourth-order valence-corrected chi connectivity index (χ4v) is 5.63. The van der Waals surface area contributed by atoms with Gasteiger partial charge in [-0.05, 0) is 52.0 Å². The summed E-state index contributed by atoms with van der Waals surface area (Å²) < 4.78 is 38.9. The van der Waals surface area contributed by atoms with Crippen LogP contribution in [0, 0.1) is 18.6 Å². The van der Waals surface area contributed by atoms with Crippen LogP contribution in [0.4, 0.5) is 19.3 Å². The third-order valence-electron chi connectivity index (χ3n) is 7.79. The second kappa shape index (κ2) is 13.7. The van der Waals surface area contributed by atoms with E-state index in [-0.39, 0.29) is 52.3 Å². The third-order valence-corrected chi connectivity index (χ3v) is 8.10. The summed E-state index contributed by atoms with van der Waals surface area (Å²) in [5, 5.41) is 16.2. The normalized spacial score (nSPS) is 13.5. The Hall–Kier alpha value is -4.82. The van der Waals surface area contributed by atoms with Crippen LogP contribution < -0.4 is 5.32 Å². The molecule has 4 aromatic rings. The molecule has 0 saturated carbocycles. The number of rotatable bonds is 7. The molecule has 2 N–H and O–H groups in total. The Kier molecular flexibility index (Phi) is 9.87. The molecule has 1 aliphatic heterocycles. The molecule has 1 fully saturated rings. The lowest BCUT2D eigenvalue weighted by atomic mass is 10.0. The number of imidazole rings is 1. The molecule has 48 heavy (non-hydrogen) atoms. The summed E-state index contributed by atoms with van der Waals surface area (Å²) in [5.74, 6) is -3.23. The van der Waals surface area contributed by atoms with E-state index in [0.29, 0.717) is 43.1 Å². The minimum Gasteiger partial charge on any atom is -0.444 e. The van der Waals surface area contributed by atoms with Crippen molar-refractivity contribution in [2.24, 2.45) is 7.05 Å². The van der Waals surface area contributed by atoms with Gasteiger partial charge in [-0.1, -0.05) is 17.7 Å². The molecule has 254 valence electrons. The number of benzene rings is 2. The molecule has 0 atom stereocenters. The van der Waals surface area contributed by atoms with Gasteiger partial charge in [0.2, 0.25) is 0 Å². The molecule has 2 aromatic carbocycles. The maximum atomic E-state index is 15.4. The summed E-state index contributed by atoms with van der Waals surface area (Å²) in [4.78, 5) is 46.0. The van der Waals surface area contributed by atoms with Crippen LogP contribution in [0.5, 0.6) is 0 Å². The number of aliphatic hydroxyl groups is 1. The van der Waals surface area contributed by atoms with E-state index >= 15 is 8.78 Å². The second-order valence-corrected chi connectivity index (χ2v) is 12.7. The zero-order chi connectivity index (χ0) is 34.9. The molecule has 0 radical (unpaired) electrons. The van der Waals surface area contributed by atoms with Crippen molar-refractivity contribution < 1.29 is 33.0 Å². The molecule has 0 aliphatic carbocycles. The largest absolute Gasteiger partial charge is 0.444 e. The van der Waals surface area contributed by atoms with Gasteiger partial charge in [0.15, 0.2) is 17.5 Å². The third kappa shape index (κ3) is 7.19. The molecule has 1 aliphatic rings. The number of aliphatic hydroxyl groups excluding tert-OH is 1. The van der Waals surface area contributed by atoms with E-state index in [1.165, 1.54) is 52.8 Å². The number of hydrogen-bond donors (Lipinski definition) is 2. The van der Waals surface area contributed by atoms with Crippen molar-refractivity contribution in [2.45, 2.75) is 39.8 Å². The SMILES string of the molecule is Cc1nn(CCO)cc1-c1ccc(-c2cnc(C(=O)Nc3ccc(C(=O)N4CCN(C(=O)OC(C)(C)C)CC4)c(Cl)c3)n2C)c(F)c1F. The second-order valence-electron chi connectivity index (χ2n) is 12.3. The van der Waals surface area contributed by atoms with Gasteiger partial charge < -0.3 is 29.5 Å². The van der Waals surface area contributed by atoms with E-state index in [9.17, 15) is 14.4 Å². The van der Waals surface area contributed by atoms with Crippen molar-refractivity contribution in [1.29, 1.82) is 0 Å². The summed E-state index contributed by atoms with van der Waals surface area (Å²) in [6.45, 7) is 8.33. The van der Waals surface area contributed by atoms with Gasteiger partial charge >= 0.3 is 6.09 Å². The van der Waals surface area contributed by atoms with E-state index in [4.69, 9.17) is 21.4 Å². The van der Waals surface area contributed by atoms with E-state index < -0.39 is 29.2 Å². The highest BCUT2D eigenvalue weighted by Gasteiger charge is 2.29. The zero-order valence-electron chi connectivity index (χ0n) is 27.2. The summed E-state index contributed by atoms with van der Waals surface area (Å²) in [7, 11) is 1.50. The number of nitrogens with one attached hydrogen (secondary N) is 1. The standard InChI is InChI=1S/C33H36ClF2N7O5/c1-19-24(18-43(39-19)14-15-44)21-8-9-23(28(36)27(21)35)26-17-37-29(40(26)5)30(45)38-20-6-7-22(25(34)16-20)31(46)41-10-12-42(13-11-41)32(47)48-33(2,3)4/h6-9,16-18,44H,10-15H2,1-5H3,(H,38,45). The Bertz CT molecular complexity index is 1880. The highest BCUT2D eigenvalue weighted by Crippen LogP contribution is 2.33. The van der Waals surface area contributed by atoms with Crippen molar-refractivity contribution in [3.05, 3.63) is 76.5 Å². The van der Waals surface area contributed by atoms with Crippen LogP contribution in [0.2, 0.25) is 5.02 Å². The van der Waals surface area contributed by atoms with Gasteiger partial charge in [0.05, 0.1) is 41.3 Å². The number of hydrogen-bond acceptors (Lipinski definition) is 7. The lowest BCUT2D eigenvalue weighted by molar-refractivity contribution is 0.0141. The number of amides is 3. The summed E-state index contributed by atoms with van der Waals surface area (Å²) in [6.07, 6.45) is 2.38. The fourth-order valence-electron chi connectivity index (χ4n) is 5.37. The molecule has 0 unspecified atom stereocenters. The monoisotopic (exact) mass is 683 g/mol. The molecular weight excluding hydrogens is 648 g/mol. The summed E-state index contributed by atoms with van der Waals surface area (Å²) >= 11 is 6.46. The smallest absolute Gasteiger partial charge is 0.410 e. The highest BCUT2D eigenvalue weighted by molar-refractivity contribution is 6.34. The number of carbonyl (C=O) groups excluding carboxylic acids is 3. The zero-order valence-corrected chi connectivity index (χ0v) is 27.9. The van der Waals surface area contributed by atoms with Crippen LogP contribution in [-0.2, 0) is 18.3 Å². The van der Waals surface area contributed by atoms with Gasteiger partial charge in [-0.2, -0.15) is 5.10 Å². The number of aromatic nitrogens is 4. The number of carbonyl (C=O) groups is 3. The van der Waals surface area contributed by atoms with Crippen LogP contribution in [0.25, 0.3) is 22.4 Å². The van der Waals surface area contributed by atoms with Crippen LogP contribution in [0.15, 0.2) is 42.7 Å². The molecule has 5 rings (SSSR count). The quantitative estimate of drug-likeness (QED) is 0.276. The van der Waals surface area contributed by atoms with Crippen LogP contribution in [0.3, 0.4) is 0 Å². The Morgan fingerprint density at radius 1 is 1.00 bits per heavy atom. The van der Waals surface area contributed by atoms with Crippen LogP contribution >= 0.6 is 11.6 Å². The number of ether oxygens (including phenoxy) is 1. The minimum absolute atomic E-state index is 0.0138. The van der Waals surface area contributed by atoms with E-state index in [1.54, 1.807) is 43.7 Å². The average molecular weight is 684 g/mol. The predicted octanol–water partition coefficient (Wildman–Crippen LogP) is 5.13. The van der Waals surface area contributed by atoms with Crippen molar-refractivity contribution in [1.82, 2.24) is 29.1 Å². The summed E-state index contributed by atoms with van der Waals surface area (Å²) in [6, 6.07) is 7.29. The van der Waals surface area contributed by atoms with E-state index in [1.807, 2.05) is 0 Å². The first-order chi connectivity index (χ1) is 22.7. The lowest BCUT2D eigenvalue weighted by Gasteiger charge is -2.35. The predicted molar refractivity (Wildman–Crippen MR) is 175 cm³/mol. The van der Waals surface area contributed by atoms with Gasteiger partial charge in [-0.25, -0.2) is 18.6 Å². The van der Waals surface area contributed by atoms with Crippen LogP contribution in [0.1, 0.15) is 47.4 Å². The topological polar surface area (TPSA) is 135 Å². The Balaban J connectivity index is 1.26. The first-order valence-electron chi connectivity index (χ1n) is 15.2. The minimum atomic E-state index is -1.12. The van der Waals surface area contributed by atoms with Crippen LogP contribution in [-0.4, -0.2) is 90.5 Å². The first-order valence-corrected chi connectivity index (χ1v) is 15.6. The van der Waals surface area contributed by atoms with Gasteiger partial charge in [-0.3, -0.25) is 14.3 Å². The number of aryl methyl sites for hydroxylation is 1. The average Bonchev–Trinajstić information content (AvgIpc) is 3.59. The maximum Gasteiger partial charge on any atom is 0.410 e. The Morgan fingerprint density at radius 3 is 2.29 bits per heavy atom. The lowest BCUT2D eigenvalue weighted by Crippen LogP contribution is -2.51. The van der Waals surface area contributed by atoms with Gasteiger partial charge in [-0.15, -0.1) is 0 Å². The molecule has 2 aromatic heterocycles. The number of halogens is 3. The van der Waals surface area contributed by atoms with E-state index in [0.717, 1.165) is 0 Å². The maximum absolute atomic E-state index is 15.4. The van der Waals surface area contributed by atoms with Crippen molar-refractivity contribution in [2.75, 3.05) is 38.1 Å². The van der Waals surface area contributed by atoms with Gasteiger partial charge in [0, 0.05) is 61.8 Å². The summed E-state index contributed by atoms with van der Waals surface area (Å²) in [5.41, 5.74) is 0.861. The highest BCUT2D eigenvalue weighted by atomic mass is 35.5. The number of anilines is 1. The molecule has 12 nitrogen and oxygen atoms in total. The van der Waals surface area contributed by atoms with Gasteiger partial charge in [0.1, 0.15) is 5.60 Å².